The van der Waals surface area contributed by atoms with E-state index in [4.69, 9.17) is 5.73 Å². The van der Waals surface area contributed by atoms with Crippen LogP contribution in [0.15, 0.2) is 65.8 Å². The molecule has 26 heteroatoms. The molecule has 0 aliphatic carbocycles. The molecule has 2 bridgehead atoms. The normalized spacial score (nSPS) is 17.8. The van der Waals surface area contributed by atoms with Crippen LogP contribution in [0.4, 0.5) is 54.5 Å². The number of rotatable bonds is 20. The molecule has 7 N–H and O–H groups in total. The van der Waals surface area contributed by atoms with Crippen molar-refractivity contribution < 1.29 is 77.7 Å². The van der Waals surface area contributed by atoms with E-state index < -0.39 is 132 Å². The Morgan fingerprint density at radius 1 is 0.883 bits per heavy atom. The van der Waals surface area contributed by atoms with Crippen LogP contribution >= 0.6 is 0 Å². The molecule has 2 saturated heterocycles. The third-order valence-corrected chi connectivity index (χ3v) is 13.5. The monoisotopic (exact) mass is 1100 g/mol. The van der Waals surface area contributed by atoms with Crippen molar-refractivity contribution in [3.63, 3.8) is 0 Å². The zero-order chi connectivity index (χ0) is 57.2. The number of amides is 3. The Bertz CT molecular complexity index is 2660. The second-order valence-electron chi connectivity index (χ2n) is 19.6. The van der Waals surface area contributed by atoms with Gasteiger partial charge in [-0.2, -0.15) is 35.1 Å². The quantitative estimate of drug-likeness (QED) is 0.0184. The summed E-state index contributed by atoms with van der Waals surface area (Å²) in [5, 5.41) is 20.3. The zero-order valence-electron chi connectivity index (χ0n) is 42.6. The highest BCUT2D eigenvalue weighted by Crippen LogP contribution is 2.45. The van der Waals surface area contributed by atoms with Gasteiger partial charge in [0.1, 0.15) is 23.5 Å². The number of fused-ring (bicyclic) bond motifs is 2. The number of benzene rings is 2. The number of piperazine rings is 1. The molecule has 3 amide bonds. The minimum atomic E-state index is -5.17. The summed E-state index contributed by atoms with van der Waals surface area (Å²) in [6.07, 6.45) is -10.4. The average molecular weight is 1100 g/mol. The van der Waals surface area contributed by atoms with Crippen LogP contribution in [0.25, 0.3) is 5.70 Å². The maximum atomic E-state index is 15.9. The van der Waals surface area contributed by atoms with Crippen LogP contribution in [0.2, 0.25) is 0 Å². The number of allylic oxidation sites excluding steroid dienone is 1. The van der Waals surface area contributed by atoms with Crippen LogP contribution in [-0.2, 0) is 36.8 Å². The molecule has 0 saturated carbocycles. The summed E-state index contributed by atoms with van der Waals surface area (Å²) in [5.41, 5.74) is 1.39. The van der Waals surface area contributed by atoms with Gasteiger partial charge in [-0.05, 0) is 81.1 Å². The number of nitrogens with one attached hydrogen (secondary N) is 4. The lowest BCUT2D eigenvalue weighted by atomic mass is 9.75. The van der Waals surface area contributed by atoms with Gasteiger partial charge in [0.25, 0.3) is 0 Å². The van der Waals surface area contributed by atoms with Gasteiger partial charge in [-0.25, -0.2) is 28.6 Å². The van der Waals surface area contributed by atoms with Crippen LogP contribution in [0.1, 0.15) is 74.8 Å². The van der Waals surface area contributed by atoms with Gasteiger partial charge in [0.2, 0.25) is 11.8 Å². The summed E-state index contributed by atoms with van der Waals surface area (Å²) in [6, 6.07) is 7.60. The number of nitrogens with two attached hydrogens (primary N) is 1. The molecule has 420 valence electrons. The van der Waals surface area contributed by atoms with Crippen LogP contribution in [0.3, 0.4) is 0 Å². The Morgan fingerprint density at radius 3 is 2.00 bits per heavy atom. The molecular formula is C51H59F10N9O7. The highest BCUT2D eigenvalue weighted by atomic mass is 19.4. The van der Waals surface area contributed by atoms with Crippen molar-refractivity contribution in [2.24, 2.45) is 27.5 Å². The number of alkyl carbamates (subject to hydrolysis) is 1. The molecule has 77 heavy (non-hydrogen) atoms. The van der Waals surface area contributed by atoms with E-state index in [2.05, 4.69) is 52.3 Å². The summed E-state index contributed by atoms with van der Waals surface area (Å²) in [4.78, 5) is 62.4. The molecule has 3 aromatic rings. The van der Waals surface area contributed by atoms with Crippen LogP contribution in [0.5, 0.6) is 0 Å². The summed E-state index contributed by atoms with van der Waals surface area (Å²) in [6.45, 7) is -1.34. The number of anilines is 1. The smallest absolute Gasteiger partial charge is 0.407 e. The zero-order valence-corrected chi connectivity index (χ0v) is 42.6. The van der Waals surface area contributed by atoms with Gasteiger partial charge in [-0.15, -0.1) is 0 Å². The van der Waals surface area contributed by atoms with Gasteiger partial charge in [-0.3, -0.25) is 19.8 Å². The third-order valence-electron chi connectivity index (χ3n) is 13.5. The molecule has 5 rings (SSSR count). The van der Waals surface area contributed by atoms with Gasteiger partial charge >= 0.3 is 31.0 Å². The fourth-order valence-corrected chi connectivity index (χ4v) is 8.47. The summed E-state index contributed by atoms with van der Waals surface area (Å²) >= 11 is 0. The summed E-state index contributed by atoms with van der Waals surface area (Å²) in [5.74, 6) is -2.75. The van der Waals surface area contributed by atoms with Crippen molar-refractivity contribution in [1.82, 2.24) is 31.4 Å². The average Bonchev–Trinajstić information content (AvgIpc) is 3.70. The first kappa shape index (κ1) is 60.9. The lowest BCUT2D eigenvalue weighted by molar-refractivity contribution is -0.231. The molecule has 0 radical (unpaired) electrons. The van der Waals surface area contributed by atoms with Crippen LogP contribution < -0.4 is 32.0 Å². The molecule has 2 aliphatic rings. The minimum Gasteiger partial charge on any atom is -0.469 e. The summed E-state index contributed by atoms with van der Waals surface area (Å²) in [7, 11) is 1.66. The van der Waals surface area contributed by atoms with E-state index in [-0.39, 0.29) is 5.56 Å². The third kappa shape index (κ3) is 16.0. The number of hydrogen-bond acceptors (Lipinski definition) is 13. The van der Waals surface area contributed by atoms with Gasteiger partial charge < -0.3 is 41.2 Å². The van der Waals surface area contributed by atoms with E-state index in [1.165, 1.54) is 12.1 Å². The number of aliphatic hydroxyl groups is 1. The molecule has 2 fully saturated rings. The van der Waals surface area contributed by atoms with Crippen molar-refractivity contribution in [3.8, 4) is 11.8 Å². The number of halogens is 10. The minimum absolute atomic E-state index is 0.279. The van der Waals surface area contributed by atoms with E-state index in [9.17, 15) is 59.4 Å². The van der Waals surface area contributed by atoms with E-state index in [1.807, 2.05) is 17.4 Å². The molecule has 2 aliphatic heterocycles. The molecular weight excluding hydrogens is 1040 g/mol. The number of carbonyl (C=O) groups is 4. The van der Waals surface area contributed by atoms with E-state index in [0.717, 1.165) is 52.0 Å². The van der Waals surface area contributed by atoms with Crippen molar-refractivity contribution in [1.29, 1.82) is 0 Å². The highest BCUT2D eigenvalue weighted by molar-refractivity contribution is 5.87. The number of hydrogen-bond donors (Lipinski definition) is 6. The second kappa shape index (κ2) is 25.4. The Labute approximate surface area is 437 Å². The highest BCUT2D eigenvalue weighted by Gasteiger charge is 2.57. The maximum Gasteiger partial charge on any atom is 0.407 e. The van der Waals surface area contributed by atoms with Crippen LogP contribution in [0, 0.1) is 40.2 Å². The topological polar surface area (TPSA) is 213 Å². The van der Waals surface area contributed by atoms with Gasteiger partial charge in [0.05, 0.1) is 49.5 Å². The molecule has 3 heterocycles. The number of aliphatic imine (C=N–C) groups is 1. The number of carbonyl (C=O) groups excluding carboxylic acids is 4. The number of methoxy groups -OCH3 is 2. The van der Waals surface area contributed by atoms with Crippen molar-refractivity contribution in [2.45, 2.75) is 109 Å². The summed E-state index contributed by atoms with van der Waals surface area (Å²) < 4.78 is 153. The molecule has 2 unspecified atom stereocenters. The fraction of sp³-hybridized carbons (Fsp3) is 0.490. The number of alkyl halides is 8. The fourth-order valence-electron chi connectivity index (χ4n) is 8.47. The van der Waals surface area contributed by atoms with E-state index >= 15 is 8.78 Å². The Balaban J connectivity index is 1.52. The maximum absolute atomic E-state index is 15.9. The first-order valence-electron chi connectivity index (χ1n) is 23.9. The van der Waals surface area contributed by atoms with E-state index in [1.54, 1.807) is 18.3 Å². The number of ether oxygens (including phenoxy) is 2. The Hall–Kier alpha value is -6.98. The van der Waals surface area contributed by atoms with Gasteiger partial charge in [0.15, 0.2) is 0 Å². The van der Waals surface area contributed by atoms with Gasteiger partial charge in [0, 0.05) is 78.6 Å². The largest absolute Gasteiger partial charge is 0.469 e. The molecule has 6 atom stereocenters. The van der Waals surface area contributed by atoms with Crippen molar-refractivity contribution in [3.05, 3.63) is 100 Å². The first-order chi connectivity index (χ1) is 35.9. The standard InChI is InChI=1S/C51H59F10N9O7/c1-48(2,50(56,57)58)35(22-42(72)76-5)44(73)68-70(26-34-36(52)20-31(21-37(34)53)38(62)17-18-63-46(54)55)27-40(71)39(66-45(74)43(67-47(75)77-6)49(3,4)51(59,60)61)19-29-10-7-28(8-11-29)9-12-30-13-16-41(64-23-30)69-24-32-14-15-33(25-69)65-32/h7-8,10-11,13,16-18,20-21,23,32-33,35,39-40,43,46,65,71H,14-15,19,22,24-27,62H2,1-6H3,(H,66,74)(H,67,75)(H,68,73)/t32?,33?,35-,39+,40+,43-/m1/s1. The first-order valence-corrected chi connectivity index (χ1v) is 23.9. The number of aliphatic hydroxyl groups excluding tert-OH is 1. The number of aromatic nitrogens is 1. The predicted octanol–water partition coefficient (Wildman–Crippen LogP) is 6.30. The number of esters is 1. The van der Waals surface area contributed by atoms with Gasteiger partial charge in [-0.1, -0.05) is 37.8 Å². The molecule has 16 nitrogen and oxygen atoms in total. The number of nitrogens with zero attached hydrogens (tertiary/aromatic N) is 4. The predicted molar refractivity (Wildman–Crippen MR) is 261 cm³/mol. The second-order valence-corrected chi connectivity index (χ2v) is 19.6. The van der Waals surface area contributed by atoms with Crippen molar-refractivity contribution >= 4 is 41.6 Å². The molecule has 0 spiro atoms. The number of hydrazine groups is 1. The lowest BCUT2D eigenvalue weighted by Crippen LogP contribution is -2.62. The van der Waals surface area contributed by atoms with Crippen molar-refractivity contribution in [2.75, 3.05) is 38.8 Å². The SMILES string of the molecule is COC(=O)C[C@H](C(=O)NN(Cc1c(F)cc(C(N)=CC=NC(F)F)cc1F)C[C@H](O)[C@H](Cc1ccc(C#Cc2ccc(N3CC4CCC(C3)N4)nc2)cc1)NC(=O)[C@@H](NC(=O)OC)C(C)(C)C(F)(F)F)C(C)(C)C(F)(F)F. The van der Waals surface area contributed by atoms with E-state index in [0.29, 0.717) is 74.3 Å². The number of pyridine rings is 1. The molecule has 2 aromatic carbocycles. The Kier molecular flexibility index (Phi) is 20.1. The Morgan fingerprint density at radius 2 is 1.47 bits per heavy atom. The van der Waals surface area contributed by atoms with Crippen LogP contribution in [-0.4, -0.2) is 128 Å². The lowest BCUT2D eigenvalue weighted by Gasteiger charge is -2.38. The molecule has 1 aromatic heterocycles.